The number of hydrogen-bond acceptors (Lipinski definition) is 2. The van der Waals surface area contributed by atoms with E-state index in [0.29, 0.717) is 0 Å². The van der Waals surface area contributed by atoms with Crippen LogP contribution in [0.25, 0.3) is 0 Å². The Kier molecular flexibility index (Phi) is 5.80. The number of fused-ring (bicyclic) bond motifs is 2. The van der Waals surface area contributed by atoms with Gasteiger partial charge in [0.2, 0.25) is 0 Å². The molecule has 1 heterocycles. The van der Waals surface area contributed by atoms with Crippen molar-refractivity contribution in [2.45, 2.75) is 24.4 Å². The van der Waals surface area contributed by atoms with Crippen molar-refractivity contribution in [1.82, 2.24) is 9.80 Å². The van der Waals surface area contributed by atoms with Crippen molar-refractivity contribution in [3.8, 4) is 0 Å². The molecule has 0 aliphatic carbocycles. The fraction of sp³-hybridized carbons (Fsp3) is 0.400. The SMILES string of the molecule is CN1CCCN(C)Cc2cccc[c]2[Sb]([CH3])[c]2ccccc2C1. The van der Waals surface area contributed by atoms with Gasteiger partial charge in [-0.15, -0.1) is 0 Å². The van der Waals surface area contributed by atoms with Crippen LogP contribution in [0.1, 0.15) is 17.5 Å². The van der Waals surface area contributed by atoms with Gasteiger partial charge in [-0.05, 0) is 0 Å². The van der Waals surface area contributed by atoms with Crippen LogP contribution in [0.15, 0.2) is 48.5 Å². The Bertz CT molecular complexity index is 600. The van der Waals surface area contributed by atoms with E-state index in [2.05, 4.69) is 77.3 Å². The molecule has 0 atom stereocenters. The molecule has 0 amide bonds. The van der Waals surface area contributed by atoms with Crippen LogP contribution in [0.5, 0.6) is 0 Å². The molecule has 0 saturated carbocycles. The van der Waals surface area contributed by atoms with Crippen LogP contribution in [0, 0.1) is 0 Å². The second-order valence-electron chi connectivity index (χ2n) is 6.65. The van der Waals surface area contributed by atoms with Gasteiger partial charge in [-0.1, -0.05) is 0 Å². The van der Waals surface area contributed by atoms with Crippen molar-refractivity contribution < 1.29 is 0 Å². The molecule has 2 aromatic rings. The van der Waals surface area contributed by atoms with E-state index in [0.717, 1.165) is 13.1 Å². The van der Waals surface area contributed by atoms with Gasteiger partial charge >= 0.3 is 148 Å². The predicted octanol–water partition coefficient (Wildman–Crippen LogP) is 2.19. The van der Waals surface area contributed by atoms with Crippen LogP contribution in [-0.2, 0) is 13.1 Å². The summed E-state index contributed by atoms with van der Waals surface area (Å²) < 4.78 is 3.30. The maximum absolute atomic E-state index is 2.53. The molecular weight excluding hydrogens is 390 g/mol. The molecule has 3 rings (SSSR count). The van der Waals surface area contributed by atoms with E-state index in [9.17, 15) is 0 Å². The van der Waals surface area contributed by atoms with Crippen molar-refractivity contribution in [2.24, 2.45) is 0 Å². The molecule has 23 heavy (non-hydrogen) atoms. The second kappa shape index (κ2) is 7.83. The number of hydrogen-bond donors (Lipinski definition) is 0. The Hall–Kier alpha value is -0.822. The number of benzene rings is 2. The first-order valence-electron chi connectivity index (χ1n) is 8.42. The van der Waals surface area contributed by atoms with Gasteiger partial charge in [0.05, 0.1) is 0 Å². The third-order valence-electron chi connectivity index (χ3n) is 4.67. The van der Waals surface area contributed by atoms with E-state index in [1.54, 1.807) is 18.1 Å². The number of nitrogens with zero attached hydrogens (tertiary/aromatic N) is 2. The zero-order chi connectivity index (χ0) is 16.2. The molecule has 1 aliphatic heterocycles. The number of rotatable bonds is 0. The average Bonchev–Trinajstić information content (AvgIpc) is 2.54. The van der Waals surface area contributed by atoms with Crippen LogP contribution >= 0.6 is 0 Å². The molecule has 0 bridgehead atoms. The summed E-state index contributed by atoms with van der Waals surface area (Å²) in [6.07, 6.45) is 1.23. The van der Waals surface area contributed by atoms with Gasteiger partial charge in [0.1, 0.15) is 0 Å². The van der Waals surface area contributed by atoms with Crippen LogP contribution in [0.2, 0.25) is 4.87 Å². The molecule has 0 saturated heterocycles. The zero-order valence-corrected chi connectivity index (χ0v) is 17.0. The fourth-order valence-corrected chi connectivity index (χ4v) is 9.22. The molecule has 3 heteroatoms. The summed E-state index contributed by atoms with van der Waals surface area (Å²) in [6, 6.07) is 18.3. The van der Waals surface area contributed by atoms with Crippen LogP contribution in [0.4, 0.5) is 0 Å². The molecular formula is C20H27N2Sb. The predicted molar refractivity (Wildman–Crippen MR) is 101 cm³/mol. The van der Waals surface area contributed by atoms with E-state index in [-0.39, 0.29) is 0 Å². The van der Waals surface area contributed by atoms with Crippen LogP contribution in [0.3, 0.4) is 0 Å². The average molecular weight is 417 g/mol. The van der Waals surface area contributed by atoms with E-state index >= 15 is 0 Å². The summed E-state index contributed by atoms with van der Waals surface area (Å²) in [5.74, 6) is 0. The molecule has 0 unspecified atom stereocenters. The zero-order valence-electron chi connectivity index (χ0n) is 14.5. The third kappa shape index (κ3) is 4.18. The Morgan fingerprint density at radius 2 is 1.17 bits per heavy atom. The van der Waals surface area contributed by atoms with Crippen LogP contribution in [-0.4, -0.2) is 57.2 Å². The fourth-order valence-electron chi connectivity index (χ4n) is 3.42. The van der Waals surface area contributed by atoms with Crippen molar-refractivity contribution >= 4 is 27.2 Å². The summed E-state index contributed by atoms with van der Waals surface area (Å²) in [5, 5.41) is 0. The summed E-state index contributed by atoms with van der Waals surface area (Å²) in [5.41, 5.74) is 3.09. The van der Waals surface area contributed by atoms with Crippen molar-refractivity contribution in [1.29, 1.82) is 0 Å². The molecule has 2 nitrogen and oxygen atoms in total. The van der Waals surface area contributed by atoms with Gasteiger partial charge < -0.3 is 0 Å². The third-order valence-corrected chi connectivity index (χ3v) is 11.3. The molecule has 0 N–H and O–H groups in total. The molecule has 2 aromatic carbocycles. The Balaban J connectivity index is 2.04. The first-order valence-corrected chi connectivity index (χ1v) is 13.5. The van der Waals surface area contributed by atoms with Gasteiger partial charge in [0, 0.05) is 0 Å². The maximum atomic E-state index is 2.53. The summed E-state index contributed by atoms with van der Waals surface area (Å²) in [6.45, 7) is 4.50. The first kappa shape index (κ1) is 17.0. The summed E-state index contributed by atoms with van der Waals surface area (Å²) in [4.78, 5) is 7.50. The molecule has 122 valence electrons. The van der Waals surface area contributed by atoms with E-state index in [1.807, 2.05) is 0 Å². The molecule has 0 spiro atoms. The Morgan fingerprint density at radius 3 is 1.65 bits per heavy atom. The van der Waals surface area contributed by atoms with Crippen molar-refractivity contribution in [2.75, 3.05) is 27.2 Å². The molecule has 0 radical (unpaired) electrons. The Morgan fingerprint density at radius 1 is 0.739 bits per heavy atom. The molecule has 0 aromatic heterocycles. The summed E-state index contributed by atoms with van der Waals surface area (Å²) in [7, 11) is 4.52. The monoisotopic (exact) mass is 416 g/mol. The molecule has 1 aliphatic rings. The van der Waals surface area contributed by atoms with Crippen molar-refractivity contribution in [3.63, 3.8) is 0 Å². The summed E-state index contributed by atoms with van der Waals surface area (Å²) >= 11 is -1.66. The first-order chi connectivity index (χ1) is 11.1. The van der Waals surface area contributed by atoms with Gasteiger partial charge in [0.25, 0.3) is 0 Å². The topological polar surface area (TPSA) is 6.48 Å². The molecule has 0 fully saturated rings. The normalized spacial score (nSPS) is 18.6. The van der Waals surface area contributed by atoms with Crippen molar-refractivity contribution in [3.05, 3.63) is 59.7 Å². The van der Waals surface area contributed by atoms with Gasteiger partial charge in [0.15, 0.2) is 0 Å². The minimum absolute atomic E-state index is 1.08. The standard InChI is InChI=1S/C19H24N2.CH3.Sb/c1-20(16-18-10-5-3-6-11-18)14-9-15-21(2)17-19-12-7-4-8-13-19;;/h3-8,10,12H,9,14-17H2,1-2H3;1H3;. The minimum atomic E-state index is -1.66. The van der Waals surface area contributed by atoms with Gasteiger partial charge in [-0.3, -0.25) is 0 Å². The van der Waals surface area contributed by atoms with E-state index in [1.165, 1.54) is 19.5 Å². The second-order valence-corrected chi connectivity index (χ2v) is 12.6. The van der Waals surface area contributed by atoms with Gasteiger partial charge in [-0.2, -0.15) is 0 Å². The van der Waals surface area contributed by atoms with E-state index < -0.39 is 20.2 Å². The Labute approximate surface area is 148 Å². The van der Waals surface area contributed by atoms with E-state index in [4.69, 9.17) is 0 Å². The van der Waals surface area contributed by atoms with Crippen LogP contribution < -0.4 is 7.02 Å². The quantitative estimate of drug-likeness (QED) is 0.607. The van der Waals surface area contributed by atoms with Gasteiger partial charge in [-0.25, -0.2) is 0 Å².